The summed E-state index contributed by atoms with van der Waals surface area (Å²) in [6.45, 7) is 1.19. The second-order valence-corrected chi connectivity index (χ2v) is 4.77. The van der Waals surface area contributed by atoms with Gasteiger partial charge in [-0.05, 0) is 54.0 Å². The SMILES string of the molecule is CN1CCCC1c1cnc(Br)c(CO)c1. The van der Waals surface area contributed by atoms with Crippen molar-refractivity contribution in [3.8, 4) is 0 Å². The monoisotopic (exact) mass is 270 g/mol. The quantitative estimate of drug-likeness (QED) is 0.837. The molecular weight excluding hydrogens is 256 g/mol. The highest BCUT2D eigenvalue weighted by molar-refractivity contribution is 9.10. The fraction of sp³-hybridized carbons (Fsp3) is 0.545. The van der Waals surface area contributed by atoms with Gasteiger partial charge in [-0.15, -0.1) is 0 Å². The van der Waals surface area contributed by atoms with Gasteiger partial charge in [0.05, 0.1) is 6.61 Å². The molecule has 1 aliphatic heterocycles. The molecule has 0 amide bonds. The van der Waals surface area contributed by atoms with E-state index in [0.717, 1.165) is 16.7 Å². The van der Waals surface area contributed by atoms with Gasteiger partial charge in [0, 0.05) is 17.8 Å². The van der Waals surface area contributed by atoms with Crippen LogP contribution in [0.1, 0.15) is 30.0 Å². The maximum atomic E-state index is 9.17. The lowest BCUT2D eigenvalue weighted by atomic mass is 10.1. The lowest BCUT2D eigenvalue weighted by Gasteiger charge is -2.20. The number of pyridine rings is 1. The molecule has 1 saturated heterocycles. The number of likely N-dealkylation sites (tertiary alicyclic amines) is 1. The molecule has 1 aromatic rings. The van der Waals surface area contributed by atoms with Crippen LogP contribution in [0, 0.1) is 0 Å². The van der Waals surface area contributed by atoms with Crippen molar-refractivity contribution in [2.24, 2.45) is 0 Å². The summed E-state index contributed by atoms with van der Waals surface area (Å²) in [6, 6.07) is 2.51. The summed E-state index contributed by atoms with van der Waals surface area (Å²) in [6.07, 6.45) is 4.33. The minimum Gasteiger partial charge on any atom is -0.392 e. The zero-order chi connectivity index (χ0) is 10.8. The predicted octanol–water partition coefficient (Wildman–Crippen LogP) is 2.10. The summed E-state index contributed by atoms with van der Waals surface area (Å²) in [5.41, 5.74) is 2.08. The largest absolute Gasteiger partial charge is 0.392 e. The van der Waals surface area contributed by atoms with Gasteiger partial charge in [0.1, 0.15) is 4.60 Å². The van der Waals surface area contributed by atoms with Crippen LogP contribution >= 0.6 is 15.9 Å². The Morgan fingerprint density at radius 3 is 3.07 bits per heavy atom. The Morgan fingerprint density at radius 1 is 1.67 bits per heavy atom. The predicted molar refractivity (Wildman–Crippen MR) is 62.5 cm³/mol. The van der Waals surface area contributed by atoms with Crippen LogP contribution in [0.5, 0.6) is 0 Å². The average molecular weight is 271 g/mol. The van der Waals surface area contributed by atoms with E-state index in [2.05, 4.69) is 32.9 Å². The van der Waals surface area contributed by atoms with E-state index in [0.29, 0.717) is 6.04 Å². The first kappa shape index (κ1) is 11.0. The van der Waals surface area contributed by atoms with Crippen LogP contribution in [0.3, 0.4) is 0 Å². The fourth-order valence-electron chi connectivity index (χ4n) is 2.14. The van der Waals surface area contributed by atoms with Crippen LogP contribution in [-0.2, 0) is 6.61 Å². The van der Waals surface area contributed by atoms with E-state index in [4.69, 9.17) is 5.11 Å². The van der Waals surface area contributed by atoms with E-state index in [-0.39, 0.29) is 6.61 Å². The number of nitrogens with zero attached hydrogens (tertiary/aromatic N) is 2. The topological polar surface area (TPSA) is 36.4 Å². The first-order valence-electron chi connectivity index (χ1n) is 5.18. The number of hydrogen-bond acceptors (Lipinski definition) is 3. The normalized spacial score (nSPS) is 22.2. The van der Waals surface area contributed by atoms with Crippen molar-refractivity contribution >= 4 is 15.9 Å². The Morgan fingerprint density at radius 2 is 2.47 bits per heavy atom. The molecule has 3 nitrogen and oxygen atoms in total. The number of rotatable bonds is 2. The lowest BCUT2D eigenvalue weighted by molar-refractivity contribution is 0.279. The average Bonchev–Trinajstić information content (AvgIpc) is 2.65. The van der Waals surface area contributed by atoms with Crippen LogP contribution in [0.25, 0.3) is 0 Å². The van der Waals surface area contributed by atoms with E-state index < -0.39 is 0 Å². The fourth-order valence-corrected chi connectivity index (χ4v) is 2.48. The molecule has 0 saturated carbocycles. The van der Waals surface area contributed by atoms with Crippen molar-refractivity contribution in [2.45, 2.75) is 25.5 Å². The van der Waals surface area contributed by atoms with Crippen molar-refractivity contribution in [3.63, 3.8) is 0 Å². The summed E-state index contributed by atoms with van der Waals surface area (Å²) < 4.78 is 0.745. The molecule has 2 rings (SSSR count). The molecule has 15 heavy (non-hydrogen) atoms. The van der Waals surface area contributed by atoms with Crippen LogP contribution < -0.4 is 0 Å². The van der Waals surface area contributed by atoms with Gasteiger partial charge >= 0.3 is 0 Å². The Bertz CT molecular complexity index is 356. The minimum absolute atomic E-state index is 0.0395. The maximum absolute atomic E-state index is 9.17. The number of aliphatic hydroxyl groups excluding tert-OH is 1. The smallest absolute Gasteiger partial charge is 0.111 e. The number of aromatic nitrogens is 1. The molecule has 4 heteroatoms. The van der Waals surface area contributed by atoms with Crippen molar-refractivity contribution in [1.82, 2.24) is 9.88 Å². The molecule has 2 heterocycles. The highest BCUT2D eigenvalue weighted by atomic mass is 79.9. The summed E-state index contributed by atoms with van der Waals surface area (Å²) in [4.78, 5) is 6.60. The van der Waals surface area contributed by atoms with E-state index in [1.165, 1.54) is 18.4 Å². The molecule has 1 aliphatic rings. The molecule has 0 aliphatic carbocycles. The Kier molecular flexibility index (Phi) is 3.38. The van der Waals surface area contributed by atoms with E-state index in [1.54, 1.807) is 0 Å². The molecule has 0 spiro atoms. The van der Waals surface area contributed by atoms with Gasteiger partial charge in [0.15, 0.2) is 0 Å². The van der Waals surface area contributed by atoms with Gasteiger partial charge in [0.2, 0.25) is 0 Å². The van der Waals surface area contributed by atoms with E-state index in [1.807, 2.05) is 12.3 Å². The van der Waals surface area contributed by atoms with E-state index in [9.17, 15) is 0 Å². The highest BCUT2D eigenvalue weighted by Gasteiger charge is 2.23. The second-order valence-electron chi connectivity index (χ2n) is 4.02. The second kappa shape index (κ2) is 4.60. The number of hydrogen-bond donors (Lipinski definition) is 1. The van der Waals surface area contributed by atoms with Crippen LogP contribution in [-0.4, -0.2) is 28.6 Å². The number of halogens is 1. The van der Waals surface area contributed by atoms with Crippen molar-refractivity contribution < 1.29 is 5.11 Å². The maximum Gasteiger partial charge on any atom is 0.111 e. The lowest BCUT2D eigenvalue weighted by Crippen LogP contribution is -2.17. The third-order valence-corrected chi connectivity index (χ3v) is 3.72. The van der Waals surface area contributed by atoms with E-state index >= 15 is 0 Å². The molecule has 1 aromatic heterocycles. The minimum atomic E-state index is 0.0395. The molecule has 1 fully saturated rings. The van der Waals surface area contributed by atoms with Crippen LogP contribution in [0.15, 0.2) is 16.9 Å². The van der Waals surface area contributed by atoms with Gasteiger partial charge < -0.3 is 5.11 Å². The van der Waals surface area contributed by atoms with Crippen molar-refractivity contribution in [1.29, 1.82) is 0 Å². The molecule has 0 radical (unpaired) electrons. The highest BCUT2D eigenvalue weighted by Crippen LogP contribution is 2.31. The molecule has 0 aromatic carbocycles. The van der Waals surface area contributed by atoms with Gasteiger partial charge in [-0.25, -0.2) is 4.98 Å². The van der Waals surface area contributed by atoms with Crippen molar-refractivity contribution in [2.75, 3.05) is 13.6 Å². The van der Waals surface area contributed by atoms with Gasteiger partial charge in [-0.3, -0.25) is 4.90 Å². The van der Waals surface area contributed by atoms with Crippen molar-refractivity contribution in [3.05, 3.63) is 28.0 Å². The number of aliphatic hydroxyl groups is 1. The molecular formula is C11H15BrN2O. The Labute approximate surface area is 98.3 Å². The summed E-state index contributed by atoms with van der Waals surface area (Å²) in [5.74, 6) is 0. The summed E-state index contributed by atoms with van der Waals surface area (Å²) in [5, 5.41) is 9.17. The zero-order valence-corrected chi connectivity index (χ0v) is 10.4. The third-order valence-electron chi connectivity index (χ3n) is 3.01. The summed E-state index contributed by atoms with van der Waals surface area (Å²) >= 11 is 3.33. The molecule has 1 N–H and O–H groups in total. The summed E-state index contributed by atoms with van der Waals surface area (Å²) in [7, 11) is 2.14. The first-order valence-corrected chi connectivity index (χ1v) is 5.97. The standard InChI is InChI=1S/C11H15BrN2O/c1-14-4-2-3-10(14)8-5-9(7-15)11(12)13-6-8/h5-6,10,15H,2-4,7H2,1H3. The third kappa shape index (κ3) is 2.22. The van der Waals surface area contributed by atoms with Gasteiger partial charge in [0.25, 0.3) is 0 Å². The van der Waals surface area contributed by atoms with Gasteiger partial charge in [-0.1, -0.05) is 0 Å². The zero-order valence-electron chi connectivity index (χ0n) is 8.78. The molecule has 1 atom stereocenters. The molecule has 82 valence electrons. The van der Waals surface area contributed by atoms with Crippen LogP contribution in [0.2, 0.25) is 0 Å². The molecule has 0 bridgehead atoms. The Hall–Kier alpha value is -0.450. The first-order chi connectivity index (χ1) is 7.22. The molecule has 1 unspecified atom stereocenters. The Balaban J connectivity index is 2.28. The van der Waals surface area contributed by atoms with Crippen LogP contribution in [0.4, 0.5) is 0 Å². The van der Waals surface area contributed by atoms with Gasteiger partial charge in [-0.2, -0.15) is 0 Å².